The van der Waals surface area contributed by atoms with E-state index >= 15 is 0 Å². The number of urea groups is 1. The molecule has 0 bridgehead atoms. The van der Waals surface area contributed by atoms with E-state index in [2.05, 4.69) is 10.7 Å². The molecular weight excluding hydrogens is 198 g/mol. The van der Waals surface area contributed by atoms with Gasteiger partial charge in [0, 0.05) is 20.1 Å². The van der Waals surface area contributed by atoms with Gasteiger partial charge in [0.1, 0.15) is 0 Å². The molecule has 0 heterocycles. The number of nitrogens with one attached hydrogen (secondary N) is 2. The van der Waals surface area contributed by atoms with E-state index in [4.69, 9.17) is 5.11 Å². The molecule has 0 aromatic carbocycles. The fourth-order valence-corrected chi connectivity index (χ4v) is 1.21. The third-order valence-corrected chi connectivity index (χ3v) is 1.72. The second-order valence-corrected chi connectivity index (χ2v) is 3.56. The fraction of sp³-hybridized carbons (Fsp3) is 0.778. The topological polar surface area (TPSA) is 81.7 Å². The van der Waals surface area contributed by atoms with E-state index in [1.54, 1.807) is 14.1 Å². The Balaban J connectivity index is 4.03. The summed E-state index contributed by atoms with van der Waals surface area (Å²) in [4.78, 5) is 21.8. The lowest BCUT2D eigenvalue weighted by Gasteiger charge is -2.18. The summed E-state index contributed by atoms with van der Waals surface area (Å²) in [6, 6.07) is -0.688. The predicted molar refractivity (Wildman–Crippen MR) is 56.3 cm³/mol. The number of aliphatic carboxylic acids is 1. The Morgan fingerprint density at radius 3 is 2.40 bits per heavy atom. The molecule has 15 heavy (non-hydrogen) atoms. The number of hydrogen-bond donors (Lipinski definition) is 3. The van der Waals surface area contributed by atoms with Crippen molar-refractivity contribution in [3.8, 4) is 0 Å². The van der Waals surface area contributed by atoms with E-state index < -0.39 is 5.97 Å². The number of carbonyl (C=O) groups excluding carboxylic acids is 1. The maximum absolute atomic E-state index is 11.3. The molecule has 2 amide bonds. The first-order valence-electron chi connectivity index (χ1n) is 4.92. The summed E-state index contributed by atoms with van der Waals surface area (Å²) >= 11 is 0. The zero-order chi connectivity index (χ0) is 11.8. The first-order chi connectivity index (χ1) is 6.95. The van der Waals surface area contributed by atoms with Crippen molar-refractivity contribution in [2.45, 2.75) is 32.2 Å². The van der Waals surface area contributed by atoms with Gasteiger partial charge < -0.3 is 10.4 Å². The zero-order valence-electron chi connectivity index (χ0n) is 9.41. The number of nitrogens with zero attached hydrogens (tertiary/aromatic N) is 1. The smallest absolute Gasteiger partial charge is 0.329 e. The number of carbonyl (C=O) groups is 2. The lowest BCUT2D eigenvalue weighted by Crippen LogP contribution is -2.47. The minimum Gasteiger partial charge on any atom is -0.481 e. The summed E-state index contributed by atoms with van der Waals surface area (Å²) in [5, 5.41) is 12.7. The molecule has 0 saturated heterocycles. The van der Waals surface area contributed by atoms with Crippen LogP contribution >= 0.6 is 0 Å². The van der Waals surface area contributed by atoms with Crippen molar-refractivity contribution in [1.82, 2.24) is 15.8 Å². The zero-order valence-corrected chi connectivity index (χ0v) is 9.41. The largest absolute Gasteiger partial charge is 0.481 e. The molecule has 0 aliphatic carbocycles. The molecule has 3 N–H and O–H groups in total. The average Bonchev–Trinajstić information content (AvgIpc) is 2.00. The summed E-state index contributed by atoms with van der Waals surface area (Å²) in [5.41, 5.74) is 2.50. The molecule has 0 fully saturated rings. The van der Waals surface area contributed by atoms with Crippen molar-refractivity contribution in [1.29, 1.82) is 0 Å². The van der Waals surface area contributed by atoms with Crippen molar-refractivity contribution in [3.05, 3.63) is 0 Å². The Labute approximate surface area is 89.6 Å². The number of hydrogen-bond acceptors (Lipinski definition) is 3. The second-order valence-electron chi connectivity index (χ2n) is 3.56. The molecule has 0 radical (unpaired) electrons. The molecule has 0 aromatic rings. The summed E-state index contributed by atoms with van der Waals surface area (Å²) in [5.74, 6) is -0.904. The van der Waals surface area contributed by atoms with Crippen LogP contribution in [0.5, 0.6) is 0 Å². The Hall–Kier alpha value is -1.30. The van der Waals surface area contributed by atoms with Gasteiger partial charge in [-0.15, -0.1) is 0 Å². The molecule has 6 heteroatoms. The average molecular weight is 217 g/mol. The van der Waals surface area contributed by atoms with Crippen LogP contribution in [-0.4, -0.2) is 42.3 Å². The van der Waals surface area contributed by atoms with Gasteiger partial charge in [0.25, 0.3) is 0 Å². The van der Waals surface area contributed by atoms with Gasteiger partial charge in [-0.2, -0.15) is 0 Å². The maximum atomic E-state index is 11.3. The van der Waals surface area contributed by atoms with E-state index in [1.807, 2.05) is 6.92 Å². The third-order valence-electron chi connectivity index (χ3n) is 1.72. The predicted octanol–water partition coefficient (Wildman–Crippen LogP) is 0.406. The van der Waals surface area contributed by atoms with Crippen LogP contribution in [0.3, 0.4) is 0 Å². The molecule has 88 valence electrons. The molecule has 6 nitrogen and oxygen atoms in total. The highest BCUT2D eigenvalue weighted by atomic mass is 16.4. The number of amides is 2. The van der Waals surface area contributed by atoms with Gasteiger partial charge in [0.05, 0.1) is 6.42 Å². The molecule has 0 aliphatic rings. The van der Waals surface area contributed by atoms with E-state index in [0.717, 1.165) is 6.42 Å². The van der Waals surface area contributed by atoms with Crippen LogP contribution in [-0.2, 0) is 4.79 Å². The minimum atomic E-state index is -0.904. The summed E-state index contributed by atoms with van der Waals surface area (Å²) in [6.07, 6.45) is 1.45. The lowest BCUT2D eigenvalue weighted by atomic mass is 10.1. The summed E-state index contributed by atoms with van der Waals surface area (Å²) in [6.45, 7) is 1.94. The van der Waals surface area contributed by atoms with E-state index in [9.17, 15) is 9.59 Å². The van der Waals surface area contributed by atoms with Crippen LogP contribution in [0.4, 0.5) is 4.79 Å². The van der Waals surface area contributed by atoms with Gasteiger partial charge in [-0.05, 0) is 6.42 Å². The molecule has 0 spiro atoms. The monoisotopic (exact) mass is 217 g/mol. The van der Waals surface area contributed by atoms with Crippen LogP contribution in [0.1, 0.15) is 26.2 Å². The summed E-state index contributed by atoms with van der Waals surface area (Å²) < 4.78 is 0. The fourth-order valence-electron chi connectivity index (χ4n) is 1.21. The molecule has 0 aliphatic heterocycles. The van der Waals surface area contributed by atoms with Gasteiger partial charge in [-0.3, -0.25) is 10.2 Å². The third kappa shape index (κ3) is 7.75. The number of carboxylic acid groups (broad SMARTS) is 1. The van der Waals surface area contributed by atoms with Gasteiger partial charge >= 0.3 is 12.0 Å². The van der Waals surface area contributed by atoms with Crippen LogP contribution < -0.4 is 10.7 Å². The maximum Gasteiger partial charge on any atom is 0.329 e. The normalized spacial score (nSPS) is 12.3. The first kappa shape index (κ1) is 13.7. The van der Waals surface area contributed by atoms with Gasteiger partial charge in [0.15, 0.2) is 0 Å². The van der Waals surface area contributed by atoms with Crippen molar-refractivity contribution < 1.29 is 14.7 Å². The van der Waals surface area contributed by atoms with Gasteiger partial charge in [-0.1, -0.05) is 13.3 Å². The first-order valence-corrected chi connectivity index (χ1v) is 4.92. The standard InChI is InChI=1S/C9H19N3O3/c1-4-5-7(6-8(13)14)10-9(15)11-12(2)3/h7H,4-6H2,1-3H3,(H,13,14)(H2,10,11,15). The Morgan fingerprint density at radius 1 is 1.40 bits per heavy atom. The second kappa shape index (κ2) is 7.05. The quantitative estimate of drug-likeness (QED) is 0.563. The molecule has 1 atom stereocenters. The van der Waals surface area contributed by atoms with E-state index in [-0.39, 0.29) is 18.5 Å². The Kier molecular flexibility index (Phi) is 6.44. The van der Waals surface area contributed by atoms with Crippen molar-refractivity contribution in [2.75, 3.05) is 14.1 Å². The van der Waals surface area contributed by atoms with E-state index in [0.29, 0.717) is 6.42 Å². The van der Waals surface area contributed by atoms with Crippen LogP contribution in [0.25, 0.3) is 0 Å². The number of hydrazine groups is 1. The Morgan fingerprint density at radius 2 is 2.00 bits per heavy atom. The highest BCUT2D eigenvalue weighted by Gasteiger charge is 2.14. The SMILES string of the molecule is CCCC(CC(=O)O)NC(=O)NN(C)C. The van der Waals surface area contributed by atoms with Gasteiger partial charge in [-0.25, -0.2) is 9.80 Å². The number of rotatable bonds is 6. The molecule has 0 rings (SSSR count). The molecule has 0 saturated carbocycles. The minimum absolute atomic E-state index is 0.0469. The van der Waals surface area contributed by atoms with Crippen molar-refractivity contribution in [3.63, 3.8) is 0 Å². The molecule has 0 aromatic heterocycles. The molecule has 1 unspecified atom stereocenters. The van der Waals surface area contributed by atoms with Crippen LogP contribution in [0.15, 0.2) is 0 Å². The number of carboxylic acids is 1. The van der Waals surface area contributed by atoms with Crippen molar-refractivity contribution >= 4 is 12.0 Å². The highest BCUT2D eigenvalue weighted by molar-refractivity contribution is 5.75. The van der Waals surface area contributed by atoms with Crippen LogP contribution in [0, 0.1) is 0 Å². The van der Waals surface area contributed by atoms with Crippen LogP contribution in [0.2, 0.25) is 0 Å². The highest BCUT2D eigenvalue weighted by Crippen LogP contribution is 2.01. The lowest BCUT2D eigenvalue weighted by molar-refractivity contribution is -0.137. The Bertz CT molecular complexity index is 219. The molecular formula is C9H19N3O3. The van der Waals surface area contributed by atoms with E-state index in [1.165, 1.54) is 5.01 Å². The van der Waals surface area contributed by atoms with Crippen molar-refractivity contribution in [2.24, 2.45) is 0 Å². The summed E-state index contributed by atoms with van der Waals surface area (Å²) in [7, 11) is 3.37. The van der Waals surface area contributed by atoms with Gasteiger partial charge in [0.2, 0.25) is 0 Å².